The van der Waals surface area contributed by atoms with Crippen LogP contribution in [0.2, 0.25) is 0 Å². The fourth-order valence-electron chi connectivity index (χ4n) is 5.85. The van der Waals surface area contributed by atoms with Gasteiger partial charge < -0.3 is 19.9 Å². The van der Waals surface area contributed by atoms with E-state index in [1.807, 2.05) is 29.7 Å². The minimum atomic E-state index is -0.213. The molecule has 2 aromatic carbocycles. The van der Waals surface area contributed by atoms with Crippen LogP contribution < -0.4 is 15.1 Å². The maximum atomic E-state index is 13.3. The first-order valence-electron chi connectivity index (χ1n) is 14.3. The summed E-state index contributed by atoms with van der Waals surface area (Å²) in [5.74, 6) is 0.236. The third-order valence-electron chi connectivity index (χ3n) is 8.19. The first kappa shape index (κ1) is 26.3. The lowest BCUT2D eigenvalue weighted by Crippen LogP contribution is -2.46. The van der Waals surface area contributed by atoms with Crippen LogP contribution in [0.15, 0.2) is 66.9 Å². The molecule has 0 atom stereocenters. The fraction of sp³-hybridized carbons (Fsp3) is 0.375. The molecule has 8 heteroatoms. The number of benzene rings is 2. The predicted octanol–water partition coefficient (Wildman–Crippen LogP) is 5.19. The normalized spacial score (nSPS) is 16.4. The van der Waals surface area contributed by atoms with Crippen molar-refractivity contribution >= 4 is 22.9 Å². The van der Waals surface area contributed by atoms with Crippen LogP contribution in [0.5, 0.6) is 0 Å². The van der Waals surface area contributed by atoms with E-state index >= 15 is 0 Å². The molecule has 208 valence electrons. The van der Waals surface area contributed by atoms with Crippen molar-refractivity contribution in [3.05, 3.63) is 95.2 Å². The summed E-state index contributed by atoms with van der Waals surface area (Å²) in [6, 6.07) is 19.4. The molecule has 2 saturated heterocycles. The van der Waals surface area contributed by atoms with Gasteiger partial charge in [0.25, 0.3) is 5.91 Å². The molecule has 4 heterocycles. The molecule has 1 amide bonds. The van der Waals surface area contributed by atoms with Crippen LogP contribution in [0, 0.1) is 5.82 Å². The summed E-state index contributed by atoms with van der Waals surface area (Å²) in [5.41, 5.74) is 6.74. The van der Waals surface area contributed by atoms with E-state index in [9.17, 15) is 9.18 Å². The van der Waals surface area contributed by atoms with Gasteiger partial charge in [0.2, 0.25) is 0 Å². The van der Waals surface area contributed by atoms with Crippen molar-refractivity contribution in [3.8, 4) is 0 Å². The number of anilines is 2. The number of piperazine rings is 1. The molecule has 0 aliphatic carbocycles. The van der Waals surface area contributed by atoms with Gasteiger partial charge in [-0.25, -0.2) is 9.37 Å². The lowest BCUT2D eigenvalue weighted by Gasteiger charge is -2.37. The molecule has 0 unspecified atom stereocenters. The number of carbonyl (C=O) groups excluding carboxylic acids is 1. The Morgan fingerprint density at radius 1 is 0.950 bits per heavy atom. The van der Waals surface area contributed by atoms with Gasteiger partial charge in [0, 0.05) is 69.6 Å². The van der Waals surface area contributed by atoms with E-state index in [0.717, 1.165) is 80.5 Å². The second-order valence-corrected chi connectivity index (χ2v) is 10.6. The summed E-state index contributed by atoms with van der Waals surface area (Å²) in [6.45, 7) is 7.59. The van der Waals surface area contributed by atoms with Crippen LogP contribution in [0.3, 0.4) is 0 Å². The maximum Gasteiger partial charge on any atom is 0.270 e. The number of hydrogen-bond donors (Lipinski definition) is 1. The quantitative estimate of drug-likeness (QED) is 0.349. The number of ether oxygens (including phenoxy) is 1. The number of nitrogens with one attached hydrogen (secondary N) is 1. The summed E-state index contributed by atoms with van der Waals surface area (Å²) in [6.07, 6.45) is 4.77. The molecule has 4 aromatic rings. The van der Waals surface area contributed by atoms with Crippen LogP contribution in [-0.4, -0.2) is 54.7 Å². The molecule has 6 rings (SSSR count). The molecule has 0 saturated carbocycles. The number of rotatable bonds is 7. The minimum absolute atomic E-state index is 0.112. The number of aryl methyl sites for hydroxylation is 1. The zero-order chi connectivity index (χ0) is 27.5. The molecule has 1 N–H and O–H groups in total. The summed E-state index contributed by atoms with van der Waals surface area (Å²) in [7, 11) is 0. The van der Waals surface area contributed by atoms with Crippen LogP contribution in [0.1, 0.15) is 53.0 Å². The number of hydrogen-bond acceptors (Lipinski definition) is 5. The zero-order valence-electron chi connectivity index (χ0n) is 23.0. The highest BCUT2D eigenvalue weighted by Gasteiger charge is 2.22. The van der Waals surface area contributed by atoms with Crippen molar-refractivity contribution in [1.29, 1.82) is 0 Å². The van der Waals surface area contributed by atoms with E-state index in [1.165, 1.54) is 17.7 Å². The fourth-order valence-corrected chi connectivity index (χ4v) is 5.85. The number of imidazole rings is 1. The standard InChI is InChI=1S/C32H36FN5O2/c1-2-29-31(32(39)34-22-23-3-5-24(6-4-23)25-12-19-40-20-13-25)38-14-11-28(21-30(38)35-29)37-17-15-36(16-18-37)27-9-7-26(33)8-10-27/h3-11,14,21,25H,2,12-13,15-20,22H2,1H3,(H,34,39). The van der Waals surface area contributed by atoms with Gasteiger partial charge in [-0.15, -0.1) is 0 Å². The highest BCUT2D eigenvalue weighted by molar-refractivity contribution is 5.94. The number of halogens is 1. The van der Waals surface area contributed by atoms with Crippen molar-refractivity contribution < 1.29 is 13.9 Å². The Hall–Kier alpha value is -3.91. The van der Waals surface area contributed by atoms with Gasteiger partial charge in [0.1, 0.15) is 17.2 Å². The lowest BCUT2D eigenvalue weighted by atomic mass is 9.91. The number of amides is 1. The average molecular weight is 542 g/mol. The number of fused-ring (bicyclic) bond motifs is 1. The summed E-state index contributed by atoms with van der Waals surface area (Å²) >= 11 is 0. The van der Waals surface area contributed by atoms with Crippen molar-refractivity contribution in [2.45, 2.75) is 38.6 Å². The number of pyridine rings is 1. The van der Waals surface area contributed by atoms with Crippen molar-refractivity contribution in [2.24, 2.45) is 0 Å². The van der Waals surface area contributed by atoms with Gasteiger partial charge >= 0.3 is 0 Å². The summed E-state index contributed by atoms with van der Waals surface area (Å²) < 4.78 is 20.7. The Balaban J connectivity index is 1.11. The second-order valence-electron chi connectivity index (χ2n) is 10.6. The van der Waals surface area contributed by atoms with Crippen LogP contribution in [0.4, 0.5) is 15.8 Å². The number of nitrogens with zero attached hydrogens (tertiary/aromatic N) is 4. The van der Waals surface area contributed by atoms with Crippen LogP contribution in [-0.2, 0) is 17.7 Å². The predicted molar refractivity (Wildman–Crippen MR) is 156 cm³/mol. The van der Waals surface area contributed by atoms with Gasteiger partial charge in [-0.2, -0.15) is 0 Å². The van der Waals surface area contributed by atoms with E-state index in [4.69, 9.17) is 9.72 Å². The molecule has 0 spiro atoms. The molecule has 40 heavy (non-hydrogen) atoms. The number of carbonyl (C=O) groups is 1. The third kappa shape index (κ3) is 5.54. The Bertz CT molecular complexity index is 1450. The summed E-state index contributed by atoms with van der Waals surface area (Å²) in [4.78, 5) is 22.8. The number of aromatic nitrogens is 2. The van der Waals surface area contributed by atoms with E-state index < -0.39 is 0 Å². The minimum Gasteiger partial charge on any atom is -0.381 e. The molecule has 0 bridgehead atoms. The van der Waals surface area contributed by atoms with E-state index in [2.05, 4.69) is 51.5 Å². The molecule has 2 aliphatic rings. The molecule has 2 aliphatic heterocycles. The Morgan fingerprint density at radius 2 is 1.62 bits per heavy atom. The van der Waals surface area contributed by atoms with Crippen LogP contribution >= 0.6 is 0 Å². The van der Waals surface area contributed by atoms with E-state index in [1.54, 1.807) is 0 Å². The van der Waals surface area contributed by atoms with Crippen LogP contribution in [0.25, 0.3) is 5.65 Å². The maximum absolute atomic E-state index is 13.3. The lowest BCUT2D eigenvalue weighted by molar-refractivity contribution is 0.0853. The highest BCUT2D eigenvalue weighted by Crippen LogP contribution is 2.27. The second kappa shape index (κ2) is 11.7. The first-order chi connectivity index (χ1) is 19.6. The topological polar surface area (TPSA) is 62.1 Å². The van der Waals surface area contributed by atoms with E-state index in [-0.39, 0.29) is 11.7 Å². The molecule has 2 fully saturated rings. The van der Waals surface area contributed by atoms with Crippen molar-refractivity contribution in [2.75, 3.05) is 49.2 Å². The molecule has 0 radical (unpaired) electrons. The monoisotopic (exact) mass is 541 g/mol. The first-order valence-corrected chi connectivity index (χ1v) is 14.3. The average Bonchev–Trinajstić information content (AvgIpc) is 3.39. The van der Waals surface area contributed by atoms with Gasteiger partial charge in [-0.1, -0.05) is 31.2 Å². The Labute approximate surface area is 234 Å². The van der Waals surface area contributed by atoms with Gasteiger partial charge in [-0.3, -0.25) is 9.20 Å². The SMILES string of the molecule is CCc1nc2cc(N3CCN(c4ccc(F)cc4)CC3)ccn2c1C(=O)NCc1ccc(C2CCOCC2)cc1. The Morgan fingerprint density at radius 3 is 2.30 bits per heavy atom. The van der Waals surface area contributed by atoms with Gasteiger partial charge in [0.05, 0.1) is 5.69 Å². The van der Waals surface area contributed by atoms with Crippen molar-refractivity contribution in [3.63, 3.8) is 0 Å². The van der Waals surface area contributed by atoms with Crippen molar-refractivity contribution in [1.82, 2.24) is 14.7 Å². The van der Waals surface area contributed by atoms with Gasteiger partial charge in [0.15, 0.2) is 0 Å². The highest BCUT2D eigenvalue weighted by atomic mass is 19.1. The summed E-state index contributed by atoms with van der Waals surface area (Å²) in [5, 5.41) is 3.11. The molecular formula is C32H36FN5O2. The Kier molecular flexibility index (Phi) is 7.68. The molecule has 2 aromatic heterocycles. The van der Waals surface area contributed by atoms with Gasteiger partial charge in [-0.05, 0) is 66.6 Å². The third-order valence-corrected chi connectivity index (χ3v) is 8.19. The smallest absolute Gasteiger partial charge is 0.270 e. The van der Waals surface area contributed by atoms with E-state index in [0.29, 0.717) is 24.6 Å². The molecule has 7 nitrogen and oxygen atoms in total. The zero-order valence-corrected chi connectivity index (χ0v) is 23.0. The largest absolute Gasteiger partial charge is 0.381 e. The molecular weight excluding hydrogens is 505 g/mol.